The number of rotatable bonds is 9. The number of ether oxygens (including phenoxy) is 1. The molecule has 0 spiro atoms. The van der Waals surface area contributed by atoms with Crippen LogP contribution in [0.2, 0.25) is 0 Å². The summed E-state index contributed by atoms with van der Waals surface area (Å²) in [6, 6.07) is 7.72. The van der Waals surface area contributed by atoms with Gasteiger partial charge in [-0.15, -0.1) is 0 Å². The second-order valence-corrected chi connectivity index (χ2v) is 7.42. The van der Waals surface area contributed by atoms with Crippen LogP contribution in [0.15, 0.2) is 24.3 Å². The Hall–Kier alpha value is -1.07. The Morgan fingerprint density at radius 3 is 2.60 bits per heavy atom. The van der Waals surface area contributed by atoms with Gasteiger partial charge in [-0.2, -0.15) is 0 Å². The van der Waals surface area contributed by atoms with Gasteiger partial charge in [0, 0.05) is 12.4 Å². The van der Waals surface area contributed by atoms with Crippen molar-refractivity contribution in [1.82, 2.24) is 0 Å². The van der Waals surface area contributed by atoms with E-state index in [9.17, 15) is 13.5 Å². The largest absolute Gasteiger partial charge is 0.496 e. The van der Waals surface area contributed by atoms with E-state index < -0.39 is 9.84 Å². The Labute approximate surface area is 121 Å². The molecule has 0 bridgehead atoms. The molecule has 0 saturated heterocycles. The third-order valence-electron chi connectivity index (χ3n) is 3.47. The molecule has 0 aliphatic carbocycles. The van der Waals surface area contributed by atoms with Crippen molar-refractivity contribution in [3.63, 3.8) is 0 Å². The summed E-state index contributed by atoms with van der Waals surface area (Å²) in [5.74, 6) is 1.26. The van der Waals surface area contributed by atoms with E-state index in [2.05, 4.69) is 0 Å². The fourth-order valence-electron chi connectivity index (χ4n) is 2.18. The number of para-hydroxylation sites is 1. The number of sulfone groups is 1. The zero-order valence-electron chi connectivity index (χ0n) is 12.2. The van der Waals surface area contributed by atoms with Crippen molar-refractivity contribution in [2.24, 2.45) is 5.92 Å². The lowest BCUT2D eigenvalue weighted by Crippen LogP contribution is -2.14. The smallest absolute Gasteiger partial charge is 0.150 e. The Morgan fingerprint density at radius 1 is 1.30 bits per heavy atom. The lowest BCUT2D eigenvalue weighted by Gasteiger charge is -2.16. The van der Waals surface area contributed by atoms with Gasteiger partial charge >= 0.3 is 0 Å². The van der Waals surface area contributed by atoms with E-state index in [0.29, 0.717) is 19.3 Å². The molecule has 1 aromatic rings. The summed E-state index contributed by atoms with van der Waals surface area (Å²) >= 11 is 0. The summed E-state index contributed by atoms with van der Waals surface area (Å²) in [5.41, 5.74) is 1.05. The molecule has 5 heteroatoms. The molecule has 114 valence electrons. The molecule has 0 fully saturated rings. The summed E-state index contributed by atoms with van der Waals surface area (Å²) in [7, 11) is -1.29. The van der Waals surface area contributed by atoms with Crippen molar-refractivity contribution in [2.75, 3.05) is 25.2 Å². The first-order chi connectivity index (χ1) is 9.52. The predicted molar refractivity (Wildman–Crippen MR) is 80.8 cm³/mol. The molecule has 1 rings (SSSR count). The summed E-state index contributed by atoms with van der Waals surface area (Å²) in [6.45, 7) is 1.72. The van der Waals surface area contributed by atoms with Crippen LogP contribution < -0.4 is 4.74 Å². The summed E-state index contributed by atoms with van der Waals surface area (Å²) in [4.78, 5) is 0. The molecule has 0 aliphatic heterocycles. The predicted octanol–water partition coefficient (Wildman–Crippen LogP) is 2.06. The first kappa shape index (κ1) is 17.0. The number of hydrogen-bond acceptors (Lipinski definition) is 4. The quantitative estimate of drug-likeness (QED) is 0.758. The molecule has 0 radical (unpaired) electrons. The fraction of sp³-hybridized carbons (Fsp3) is 0.600. The van der Waals surface area contributed by atoms with Crippen LogP contribution in [-0.4, -0.2) is 38.7 Å². The minimum atomic E-state index is -2.92. The molecule has 1 atom stereocenters. The van der Waals surface area contributed by atoms with Gasteiger partial charge in [-0.1, -0.05) is 25.1 Å². The Morgan fingerprint density at radius 2 is 2.00 bits per heavy atom. The molecule has 0 saturated carbocycles. The van der Waals surface area contributed by atoms with Gasteiger partial charge in [0.25, 0.3) is 0 Å². The van der Waals surface area contributed by atoms with Gasteiger partial charge in [0.05, 0.1) is 12.9 Å². The van der Waals surface area contributed by atoms with Crippen LogP contribution in [0.1, 0.15) is 25.3 Å². The van der Waals surface area contributed by atoms with Crippen molar-refractivity contribution in [3.05, 3.63) is 29.8 Å². The summed E-state index contributed by atoms with van der Waals surface area (Å²) < 4.78 is 28.2. The molecule has 0 amide bonds. The SMILES string of the molecule is CCS(=O)(=O)CCCC(CO)Cc1ccccc1OC. The minimum absolute atomic E-state index is 0.0597. The van der Waals surface area contributed by atoms with Crippen LogP contribution in [0.4, 0.5) is 0 Å². The molecule has 1 aromatic carbocycles. The maximum absolute atomic E-state index is 11.4. The van der Waals surface area contributed by atoms with Gasteiger partial charge < -0.3 is 9.84 Å². The molecule has 20 heavy (non-hydrogen) atoms. The van der Waals surface area contributed by atoms with Gasteiger partial charge in [-0.3, -0.25) is 0 Å². The van der Waals surface area contributed by atoms with Gasteiger partial charge in [0.2, 0.25) is 0 Å². The topological polar surface area (TPSA) is 63.6 Å². The van der Waals surface area contributed by atoms with E-state index >= 15 is 0 Å². The van der Waals surface area contributed by atoms with Crippen LogP contribution in [-0.2, 0) is 16.3 Å². The normalized spacial score (nSPS) is 13.2. The maximum Gasteiger partial charge on any atom is 0.150 e. The highest BCUT2D eigenvalue weighted by atomic mass is 32.2. The monoisotopic (exact) mass is 300 g/mol. The summed E-state index contributed by atoms with van der Waals surface area (Å²) in [6.07, 6.45) is 2.00. The van der Waals surface area contributed by atoms with Gasteiger partial charge in [0.15, 0.2) is 0 Å². The highest BCUT2D eigenvalue weighted by Gasteiger charge is 2.14. The molecule has 4 nitrogen and oxygen atoms in total. The van der Waals surface area contributed by atoms with Crippen LogP contribution in [0.5, 0.6) is 5.75 Å². The highest BCUT2D eigenvalue weighted by Crippen LogP contribution is 2.23. The molecular formula is C15H24O4S. The maximum atomic E-state index is 11.4. The minimum Gasteiger partial charge on any atom is -0.496 e. The molecule has 0 heterocycles. The van der Waals surface area contributed by atoms with Crippen molar-refractivity contribution < 1.29 is 18.3 Å². The standard InChI is InChI=1S/C15H24O4S/c1-3-20(17,18)10-6-7-13(12-16)11-14-8-4-5-9-15(14)19-2/h4-5,8-9,13,16H,3,6-7,10-12H2,1-2H3. The second-order valence-electron chi connectivity index (χ2n) is 4.94. The van der Waals surface area contributed by atoms with Crippen LogP contribution in [0.3, 0.4) is 0 Å². The highest BCUT2D eigenvalue weighted by molar-refractivity contribution is 7.91. The van der Waals surface area contributed by atoms with Crippen LogP contribution >= 0.6 is 0 Å². The van der Waals surface area contributed by atoms with Gasteiger partial charge in [-0.25, -0.2) is 8.42 Å². The Bertz CT molecular complexity index is 496. The zero-order valence-corrected chi connectivity index (χ0v) is 13.0. The van der Waals surface area contributed by atoms with Gasteiger partial charge in [-0.05, 0) is 36.8 Å². The average molecular weight is 300 g/mol. The number of methoxy groups -OCH3 is 1. The second kappa shape index (κ2) is 8.27. The van der Waals surface area contributed by atoms with Crippen molar-refractivity contribution in [1.29, 1.82) is 0 Å². The van der Waals surface area contributed by atoms with Crippen molar-refractivity contribution in [3.8, 4) is 5.75 Å². The Balaban J connectivity index is 2.55. The molecular weight excluding hydrogens is 276 g/mol. The third kappa shape index (κ3) is 5.51. The van der Waals surface area contributed by atoms with Crippen molar-refractivity contribution >= 4 is 9.84 Å². The van der Waals surface area contributed by atoms with Crippen LogP contribution in [0.25, 0.3) is 0 Å². The number of aliphatic hydroxyl groups excluding tert-OH is 1. The zero-order chi connectivity index (χ0) is 15.0. The molecule has 1 N–H and O–H groups in total. The third-order valence-corrected chi connectivity index (χ3v) is 5.26. The summed E-state index contributed by atoms with van der Waals surface area (Å²) in [5, 5.41) is 9.45. The van der Waals surface area contributed by atoms with E-state index in [1.54, 1.807) is 14.0 Å². The average Bonchev–Trinajstić information content (AvgIpc) is 2.46. The molecule has 0 aliphatic rings. The number of benzene rings is 1. The lowest BCUT2D eigenvalue weighted by molar-refractivity contribution is 0.216. The van der Waals surface area contributed by atoms with E-state index in [1.165, 1.54) is 0 Å². The lowest BCUT2D eigenvalue weighted by atomic mass is 9.95. The first-order valence-electron chi connectivity index (χ1n) is 6.95. The molecule has 0 aromatic heterocycles. The number of aliphatic hydroxyl groups is 1. The van der Waals surface area contributed by atoms with Crippen LogP contribution in [0, 0.1) is 5.92 Å². The van der Waals surface area contributed by atoms with Crippen molar-refractivity contribution in [2.45, 2.75) is 26.2 Å². The van der Waals surface area contributed by atoms with E-state index in [1.807, 2.05) is 24.3 Å². The van der Waals surface area contributed by atoms with E-state index in [-0.39, 0.29) is 24.0 Å². The Kier molecular flexibility index (Phi) is 7.02. The van der Waals surface area contributed by atoms with E-state index in [0.717, 1.165) is 11.3 Å². The first-order valence-corrected chi connectivity index (χ1v) is 8.77. The van der Waals surface area contributed by atoms with E-state index in [4.69, 9.17) is 4.74 Å². The number of hydrogen-bond donors (Lipinski definition) is 1. The fourth-order valence-corrected chi connectivity index (χ4v) is 3.07. The molecule has 1 unspecified atom stereocenters. The van der Waals surface area contributed by atoms with Gasteiger partial charge in [0.1, 0.15) is 15.6 Å².